The van der Waals surface area contributed by atoms with E-state index in [1.807, 2.05) is 0 Å². The number of aromatic amines is 1. The Kier molecular flexibility index (Phi) is 3.91. The number of H-pyrrole nitrogens is 1. The van der Waals surface area contributed by atoms with Crippen molar-refractivity contribution in [1.29, 1.82) is 0 Å². The molecule has 1 N–H and O–H groups in total. The van der Waals surface area contributed by atoms with Crippen LogP contribution in [-0.4, -0.2) is 13.1 Å². The van der Waals surface area contributed by atoms with Crippen LogP contribution in [0.1, 0.15) is 41.5 Å². The first-order chi connectivity index (χ1) is 8.90. The third-order valence-corrected chi connectivity index (χ3v) is 11.8. The molecule has 0 spiro atoms. The van der Waals surface area contributed by atoms with Crippen LogP contribution in [0.15, 0.2) is 30.3 Å². The summed E-state index contributed by atoms with van der Waals surface area (Å²) in [6.07, 6.45) is 0. The van der Waals surface area contributed by atoms with Gasteiger partial charge in [0.1, 0.15) is 8.07 Å². The van der Waals surface area contributed by atoms with Gasteiger partial charge in [-0.2, -0.15) is 0 Å². The number of hydrogen-bond acceptors (Lipinski definition) is 0. The van der Waals surface area contributed by atoms with E-state index in [0.717, 1.165) is 16.6 Å². The van der Waals surface area contributed by atoms with Gasteiger partial charge in [-0.25, -0.2) is 0 Å². The second kappa shape index (κ2) is 5.16. The molecule has 2 aromatic rings. The summed E-state index contributed by atoms with van der Waals surface area (Å²) in [6, 6.07) is 11.1. The van der Waals surface area contributed by atoms with E-state index in [0.29, 0.717) is 0 Å². The van der Waals surface area contributed by atoms with Crippen molar-refractivity contribution in [2.75, 3.05) is 0 Å². The lowest BCUT2D eigenvalue weighted by Crippen LogP contribution is -2.56. The summed E-state index contributed by atoms with van der Waals surface area (Å²) in [6.45, 7) is 14.5. The van der Waals surface area contributed by atoms with Gasteiger partial charge in [-0.15, -0.1) is 0 Å². The first kappa shape index (κ1) is 14.4. The zero-order chi connectivity index (χ0) is 14.2. The predicted molar refractivity (Wildman–Crippen MR) is 89.0 cm³/mol. The van der Waals surface area contributed by atoms with Gasteiger partial charge in [0.15, 0.2) is 0 Å². The van der Waals surface area contributed by atoms with Gasteiger partial charge in [0, 0.05) is 10.8 Å². The Hall–Kier alpha value is -1.02. The van der Waals surface area contributed by atoms with Crippen molar-refractivity contribution in [2.24, 2.45) is 0 Å². The van der Waals surface area contributed by atoms with Gasteiger partial charge in [0.25, 0.3) is 0 Å². The zero-order valence-corrected chi connectivity index (χ0v) is 14.1. The second-order valence-corrected chi connectivity index (χ2v) is 12.5. The highest BCUT2D eigenvalue weighted by Gasteiger charge is 2.45. The van der Waals surface area contributed by atoms with Gasteiger partial charge < -0.3 is 4.98 Å². The van der Waals surface area contributed by atoms with Crippen LogP contribution >= 0.6 is 0 Å². The molecule has 0 aliphatic carbocycles. The Morgan fingerprint density at radius 2 is 1.37 bits per heavy atom. The molecule has 0 aliphatic heterocycles. The number of hydrogen-bond donors (Lipinski definition) is 1. The van der Waals surface area contributed by atoms with Crippen molar-refractivity contribution in [3.05, 3.63) is 30.3 Å². The number of para-hydroxylation sites is 1. The molecular formula is C17H27NSi. The molecule has 2 rings (SSSR count). The standard InChI is InChI=1S/C17H27NSi/c1-12(2)19(13(3)4,14(5)6)17-11-15-9-7-8-10-16(15)18-17/h7-14,18H,1-6H3. The maximum absolute atomic E-state index is 3.74. The minimum atomic E-state index is -1.54. The van der Waals surface area contributed by atoms with Crippen molar-refractivity contribution in [3.8, 4) is 0 Å². The lowest BCUT2D eigenvalue weighted by molar-refractivity contribution is 0.832. The highest BCUT2D eigenvalue weighted by atomic mass is 28.3. The van der Waals surface area contributed by atoms with Crippen LogP contribution < -0.4 is 5.32 Å². The van der Waals surface area contributed by atoms with Crippen molar-refractivity contribution < 1.29 is 0 Å². The second-order valence-electron chi connectivity index (χ2n) is 6.67. The monoisotopic (exact) mass is 273 g/mol. The van der Waals surface area contributed by atoms with Gasteiger partial charge in [-0.1, -0.05) is 59.7 Å². The summed E-state index contributed by atoms with van der Waals surface area (Å²) in [5, 5.41) is 2.89. The fraction of sp³-hybridized carbons (Fsp3) is 0.529. The van der Waals surface area contributed by atoms with Crippen molar-refractivity contribution >= 4 is 24.3 Å². The molecule has 19 heavy (non-hydrogen) atoms. The van der Waals surface area contributed by atoms with E-state index in [1.54, 1.807) is 0 Å². The van der Waals surface area contributed by atoms with E-state index in [4.69, 9.17) is 0 Å². The quantitative estimate of drug-likeness (QED) is 0.750. The Morgan fingerprint density at radius 1 is 0.842 bits per heavy atom. The fourth-order valence-electron chi connectivity index (χ4n) is 4.24. The third kappa shape index (κ3) is 2.16. The van der Waals surface area contributed by atoms with Crippen LogP contribution in [0.2, 0.25) is 16.6 Å². The third-order valence-electron chi connectivity index (χ3n) is 4.86. The molecule has 0 unspecified atom stereocenters. The topological polar surface area (TPSA) is 15.8 Å². The molecule has 104 valence electrons. The fourth-order valence-corrected chi connectivity index (χ4v) is 10.9. The number of aromatic nitrogens is 1. The van der Waals surface area contributed by atoms with Crippen LogP contribution in [0, 0.1) is 0 Å². The largest absolute Gasteiger partial charge is 0.362 e. The molecular weight excluding hydrogens is 246 g/mol. The summed E-state index contributed by atoms with van der Waals surface area (Å²) in [5.41, 5.74) is 3.54. The summed E-state index contributed by atoms with van der Waals surface area (Å²) < 4.78 is 0. The minimum Gasteiger partial charge on any atom is -0.362 e. The highest BCUT2D eigenvalue weighted by Crippen LogP contribution is 2.41. The first-order valence-electron chi connectivity index (χ1n) is 7.48. The molecule has 0 amide bonds. The molecule has 0 radical (unpaired) electrons. The van der Waals surface area contributed by atoms with Crippen LogP contribution in [-0.2, 0) is 0 Å². The lowest BCUT2D eigenvalue weighted by atomic mass is 10.3. The van der Waals surface area contributed by atoms with Crippen molar-refractivity contribution in [1.82, 2.24) is 4.98 Å². The number of benzene rings is 1. The van der Waals surface area contributed by atoms with E-state index < -0.39 is 8.07 Å². The molecule has 1 aromatic carbocycles. The molecule has 0 bridgehead atoms. The number of nitrogens with one attached hydrogen (secondary N) is 1. The molecule has 1 nitrogen and oxygen atoms in total. The summed E-state index contributed by atoms with van der Waals surface area (Å²) >= 11 is 0. The normalized spacial score (nSPS) is 13.1. The van der Waals surface area contributed by atoms with Gasteiger partial charge >= 0.3 is 0 Å². The SMILES string of the molecule is CC(C)[Si](c1cc2ccccc2[nH]1)(C(C)C)C(C)C. The molecule has 0 saturated carbocycles. The van der Waals surface area contributed by atoms with Gasteiger partial charge in [-0.3, -0.25) is 0 Å². The van der Waals surface area contributed by atoms with E-state index in [9.17, 15) is 0 Å². The van der Waals surface area contributed by atoms with E-state index >= 15 is 0 Å². The van der Waals surface area contributed by atoms with E-state index in [1.165, 1.54) is 16.2 Å². The summed E-state index contributed by atoms with van der Waals surface area (Å²) in [5.74, 6) is 0. The summed E-state index contributed by atoms with van der Waals surface area (Å²) in [7, 11) is -1.54. The van der Waals surface area contributed by atoms with Crippen LogP contribution in [0.4, 0.5) is 0 Å². The van der Waals surface area contributed by atoms with E-state index in [2.05, 4.69) is 76.9 Å². The summed E-state index contributed by atoms with van der Waals surface area (Å²) in [4.78, 5) is 3.74. The maximum atomic E-state index is 3.74. The Labute approximate surface area is 118 Å². The first-order valence-corrected chi connectivity index (χ1v) is 9.72. The average molecular weight is 273 g/mol. The molecule has 0 aliphatic rings. The van der Waals surface area contributed by atoms with Crippen LogP contribution in [0.3, 0.4) is 0 Å². The predicted octanol–water partition coefficient (Wildman–Crippen LogP) is 5.05. The average Bonchev–Trinajstić information content (AvgIpc) is 2.71. The van der Waals surface area contributed by atoms with Crippen molar-refractivity contribution in [3.63, 3.8) is 0 Å². The molecule has 1 heterocycles. The maximum Gasteiger partial charge on any atom is 0.115 e. The lowest BCUT2D eigenvalue weighted by Gasteiger charge is -2.42. The highest BCUT2D eigenvalue weighted by molar-refractivity contribution is 6.94. The van der Waals surface area contributed by atoms with Crippen LogP contribution in [0.5, 0.6) is 0 Å². The van der Waals surface area contributed by atoms with Crippen molar-refractivity contribution in [2.45, 2.75) is 58.2 Å². The Balaban J connectivity index is 2.66. The number of fused-ring (bicyclic) bond motifs is 1. The molecule has 0 atom stereocenters. The zero-order valence-electron chi connectivity index (χ0n) is 13.1. The minimum absolute atomic E-state index is 0.751. The Bertz CT molecular complexity index is 496. The van der Waals surface area contributed by atoms with Gasteiger partial charge in [0.05, 0.1) is 0 Å². The molecule has 0 fully saturated rings. The molecule has 1 aromatic heterocycles. The van der Waals surface area contributed by atoms with E-state index in [-0.39, 0.29) is 0 Å². The molecule has 2 heteroatoms. The van der Waals surface area contributed by atoms with Gasteiger partial charge in [-0.05, 0) is 34.1 Å². The number of rotatable bonds is 4. The Morgan fingerprint density at radius 3 is 1.84 bits per heavy atom. The van der Waals surface area contributed by atoms with Gasteiger partial charge in [0.2, 0.25) is 0 Å². The van der Waals surface area contributed by atoms with Crippen LogP contribution in [0.25, 0.3) is 10.9 Å². The molecule has 0 saturated heterocycles. The smallest absolute Gasteiger partial charge is 0.115 e.